The van der Waals surface area contributed by atoms with Gasteiger partial charge in [0.05, 0.1) is 12.9 Å². The van der Waals surface area contributed by atoms with Gasteiger partial charge in [0.15, 0.2) is 17.0 Å². The molecule has 3 heterocycles. The number of hydrogen-bond acceptors (Lipinski definition) is 7. The molecule has 0 spiro atoms. The normalized spacial score (nSPS) is 31.2. The van der Waals surface area contributed by atoms with Gasteiger partial charge in [-0.25, -0.2) is 15.0 Å². The summed E-state index contributed by atoms with van der Waals surface area (Å²) in [5.41, 5.74) is 0.761. The predicted molar refractivity (Wildman–Crippen MR) is 63.3 cm³/mol. The fourth-order valence-corrected chi connectivity index (χ4v) is 2.30. The molecule has 4 atom stereocenters. The van der Waals surface area contributed by atoms with E-state index in [0.29, 0.717) is 11.2 Å². The minimum absolute atomic E-state index is 0.190. The molecule has 1 aliphatic heterocycles. The van der Waals surface area contributed by atoms with Gasteiger partial charge in [-0.3, -0.25) is 4.57 Å². The highest BCUT2D eigenvalue weighted by Crippen LogP contribution is 2.31. The van der Waals surface area contributed by atoms with Crippen molar-refractivity contribution >= 4 is 22.8 Å². The smallest absolute Gasteiger partial charge is 0.167 e. The van der Waals surface area contributed by atoms with Crippen molar-refractivity contribution in [2.24, 2.45) is 0 Å². The highest BCUT2D eigenvalue weighted by atomic mass is 35.5. The molecule has 1 aliphatic rings. The highest BCUT2D eigenvalue weighted by molar-refractivity contribution is 6.33. The van der Waals surface area contributed by atoms with Crippen LogP contribution in [0.2, 0.25) is 5.15 Å². The average Bonchev–Trinajstić information content (AvgIpc) is 2.94. The van der Waals surface area contributed by atoms with E-state index in [1.165, 1.54) is 17.2 Å². The second-order valence-electron chi connectivity index (χ2n) is 4.22. The quantitative estimate of drug-likeness (QED) is 0.613. The van der Waals surface area contributed by atoms with E-state index in [0.717, 1.165) is 0 Å². The molecular weight excluding hydrogens is 276 g/mol. The standard InChI is InChI=1S/C10H11ClN4O4/c11-8-5-9(13-2-12-8)15(3-14-5)10-7(18)6(17)4(1-16)19-10/h2-4,6-7,10,16-18H,1H2/t4-,6?,7-,10-/m1/s1. The molecule has 1 fully saturated rings. The molecule has 2 aromatic heterocycles. The molecule has 0 bridgehead atoms. The summed E-state index contributed by atoms with van der Waals surface area (Å²) in [5, 5.41) is 28.9. The Hall–Kier alpha value is -1.32. The van der Waals surface area contributed by atoms with Gasteiger partial charge in [0, 0.05) is 0 Å². The van der Waals surface area contributed by atoms with Gasteiger partial charge < -0.3 is 20.1 Å². The van der Waals surface area contributed by atoms with E-state index in [1.807, 2.05) is 0 Å². The Kier molecular flexibility index (Phi) is 3.11. The number of aliphatic hydroxyl groups excluding tert-OH is 3. The van der Waals surface area contributed by atoms with E-state index in [1.54, 1.807) is 0 Å². The van der Waals surface area contributed by atoms with Crippen LogP contribution in [0, 0.1) is 0 Å². The summed E-state index contributed by atoms with van der Waals surface area (Å²) in [7, 11) is 0. The van der Waals surface area contributed by atoms with E-state index in [-0.39, 0.29) is 5.15 Å². The first-order chi connectivity index (χ1) is 9.13. The molecule has 0 radical (unpaired) electrons. The summed E-state index contributed by atoms with van der Waals surface area (Å²) in [6.07, 6.45) is -1.44. The number of nitrogens with zero attached hydrogens (tertiary/aromatic N) is 4. The van der Waals surface area contributed by atoms with Crippen LogP contribution in [0.4, 0.5) is 0 Å². The summed E-state index contributed by atoms with van der Waals surface area (Å²) in [5.74, 6) is 0. The molecule has 19 heavy (non-hydrogen) atoms. The molecule has 0 amide bonds. The van der Waals surface area contributed by atoms with Crippen LogP contribution >= 0.6 is 11.6 Å². The number of fused-ring (bicyclic) bond motifs is 1. The zero-order valence-electron chi connectivity index (χ0n) is 9.59. The van der Waals surface area contributed by atoms with Crippen molar-refractivity contribution in [3.05, 3.63) is 17.8 Å². The molecule has 2 aromatic rings. The minimum atomic E-state index is -1.19. The third-order valence-electron chi connectivity index (χ3n) is 3.11. The average molecular weight is 287 g/mol. The lowest BCUT2D eigenvalue weighted by molar-refractivity contribution is -0.0511. The molecule has 0 aromatic carbocycles. The number of imidazole rings is 1. The summed E-state index contributed by atoms with van der Waals surface area (Å²) in [6.45, 7) is -0.392. The van der Waals surface area contributed by atoms with Crippen molar-refractivity contribution in [1.29, 1.82) is 0 Å². The summed E-state index contributed by atoms with van der Waals surface area (Å²) in [4.78, 5) is 11.9. The Balaban J connectivity index is 2.04. The summed E-state index contributed by atoms with van der Waals surface area (Å²) >= 11 is 5.88. The first-order valence-corrected chi connectivity index (χ1v) is 5.96. The van der Waals surface area contributed by atoms with Gasteiger partial charge in [0.1, 0.15) is 30.2 Å². The summed E-state index contributed by atoms with van der Waals surface area (Å²) < 4.78 is 6.85. The van der Waals surface area contributed by atoms with Gasteiger partial charge in [-0.2, -0.15) is 0 Å². The van der Waals surface area contributed by atoms with Gasteiger partial charge >= 0.3 is 0 Å². The first-order valence-electron chi connectivity index (χ1n) is 5.59. The fourth-order valence-electron chi connectivity index (χ4n) is 2.12. The SMILES string of the molecule is OC[C@H]1O[C@@H](n2cnc3c(Cl)ncnc32)[C@H](O)C1O. The van der Waals surface area contributed by atoms with Crippen LogP contribution in [0.5, 0.6) is 0 Å². The van der Waals surface area contributed by atoms with Crippen LogP contribution in [-0.4, -0.2) is 59.8 Å². The van der Waals surface area contributed by atoms with Crippen molar-refractivity contribution < 1.29 is 20.1 Å². The molecular formula is C10H11ClN4O4. The maximum absolute atomic E-state index is 9.95. The second-order valence-corrected chi connectivity index (χ2v) is 4.58. The van der Waals surface area contributed by atoms with Crippen LogP contribution in [0.15, 0.2) is 12.7 Å². The predicted octanol–water partition coefficient (Wildman–Crippen LogP) is -0.909. The minimum Gasteiger partial charge on any atom is -0.394 e. The Labute approximate surface area is 112 Å². The van der Waals surface area contributed by atoms with Crippen LogP contribution in [-0.2, 0) is 4.74 Å². The number of halogens is 1. The van der Waals surface area contributed by atoms with Gasteiger partial charge in [0.25, 0.3) is 0 Å². The fraction of sp³-hybridized carbons (Fsp3) is 0.500. The molecule has 3 N–H and O–H groups in total. The van der Waals surface area contributed by atoms with E-state index in [9.17, 15) is 10.2 Å². The van der Waals surface area contributed by atoms with E-state index in [2.05, 4.69) is 15.0 Å². The highest BCUT2D eigenvalue weighted by Gasteiger charge is 2.43. The lowest BCUT2D eigenvalue weighted by atomic mass is 10.1. The van der Waals surface area contributed by atoms with Gasteiger partial charge in [-0.05, 0) is 0 Å². The van der Waals surface area contributed by atoms with Crippen LogP contribution in [0.1, 0.15) is 6.23 Å². The molecule has 1 unspecified atom stereocenters. The third kappa shape index (κ3) is 1.88. The van der Waals surface area contributed by atoms with E-state index >= 15 is 0 Å². The van der Waals surface area contributed by atoms with Crippen LogP contribution in [0.25, 0.3) is 11.2 Å². The summed E-state index contributed by atoms with van der Waals surface area (Å²) in [6, 6.07) is 0. The molecule has 1 saturated heterocycles. The zero-order valence-corrected chi connectivity index (χ0v) is 10.3. The Bertz CT molecular complexity index is 606. The molecule has 8 nitrogen and oxygen atoms in total. The van der Waals surface area contributed by atoms with Crippen molar-refractivity contribution in [2.45, 2.75) is 24.5 Å². The molecule has 102 valence electrons. The lowest BCUT2D eigenvalue weighted by Crippen LogP contribution is -2.33. The zero-order chi connectivity index (χ0) is 13.6. The van der Waals surface area contributed by atoms with Gasteiger partial charge in [0.2, 0.25) is 0 Å². The Morgan fingerprint density at radius 2 is 2.05 bits per heavy atom. The number of aliphatic hydroxyl groups is 3. The Morgan fingerprint density at radius 1 is 1.26 bits per heavy atom. The second kappa shape index (κ2) is 4.66. The number of hydrogen-bond donors (Lipinski definition) is 3. The van der Waals surface area contributed by atoms with Gasteiger partial charge in [-0.15, -0.1) is 0 Å². The van der Waals surface area contributed by atoms with E-state index in [4.69, 9.17) is 21.4 Å². The third-order valence-corrected chi connectivity index (χ3v) is 3.38. The lowest BCUT2D eigenvalue weighted by Gasteiger charge is -2.16. The number of ether oxygens (including phenoxy) is 1. The largest absolute Gasteiger partial charge is 0.394 e. The molecule has 9 heteroatoms. The van der Waals surface area contributed by atoms with E-state index < -0.39 is 31.1 Å². The van der Waals surface area contributed by atoms with Crippen molar-refractivity contribution in [2.75, 3.05) is 6.61 Å². The Morgan fingerprint density at radius 3 is 2.74 bits per heavy atom. The molecule has 3 rings (SSSR count). The van der Waals surface area contributed by atoms with Gasteiger partial charge in [-0.1, -0.05) is 11.6 Å². The molecule has 0 aliphatic carbocycles. The number of aromatic nitrogens is 4. The number of rotatable bonds is 2. The van der Waals surface area contributed by atoms with Crippen molar-refractivity contribution in [3.8, 4) is 0 Å². The topological polar surface area (TPSA) is 114 Å². The van der Waals surface area contributed by atoms with Crippen LogP contribution < -0.4 is 0 Å². The van der Waals surface area contributed by atoms with Crippen LogP contribution in [0.3, 0.4) is 0 Å². The maximum atomic E-state index is 9.95. The van der Waals surface area contributed by atoms with Crippen molar-refractivity contribution in [3.63, 3.8) is 0 Å². The monoisotopic (exact) mass is 286 g/mol. The first kappa shape index (κ1) is 12.7. The molecule has 0 saturated carbocycles. The van der Waals surface area contributed by atoms with Crippen molar-refractivity contribution in [1.82, 2.24) is 19.5 Å². The maximum Gasteiger partial charge on any atom is 0.167 e.